The number of carbonyl (C=O) groups excluding carboxylic acids is 1. The average molecular weight is 381 g/mol. The van der Waals surface area contributed by atoms with Gasteiger partial charge in [0.2, 0.25) is 0 Å². The largest absolute Gasteiger partial charge is 0.459 e. The highest BCUT2D eigenvalue weighted by Crippen LogP contribution is 2.30. The van der Waals surface area contributed by atoms with E-state index in [1.807, 2.05) is 58.0 Å². The molecule has 3 aromatic heterocycles. The van der Waals surface area contributed by atoms with Gasteiger partial charge >= 0.3 is 0 Å². The van der Waals surface area contributed by atoms with Crippen LogP contribution in [-0.4, -0.2) is 15.9 Å². The van der Waals surface area contributed by atoms with E-state index in [1.54, 1.807) is 0 Å². The minimum atomic E-state index is -0.202. The molecule has 0 bridgehead atoms. The molecule has 1 aromatic carbocycles. The number of benzene rings is 1. The molecule has 0 aliphatic carbocycles. The van der Waals surface area contributed by atoms with Crippen molar-refractivity contribution in [2.24, 2.45) is 0 Å². The molecule has 27 heavy (non-hydrogen) atoms. The quantitative estimate of drug-likeness (QED) is 0.502. The van der Waals surface area contributed by atoms with Gasteiger partial charge in [-0.25, -0.2) is 9.97 Å². The van der Waals surface area contributed by atoms with Gasteiger partial charge in [-0.05, 0) is 44.2 Å². The SMILES string of the molecule is Cc1ccc(-c2nc(C)c(C(=O)Nc3ccc4oc(C(C)C)nc4c3)s2)o1. The molecule has 4 aromatic rings. The summed E-state index contributed by atoms with van der Waals surface area (Å²) in [5.41, 5.74) is 2.77. The van der Waals surface area contributed by atoms with Crippen LogP contribution >= 0.6 is 11.3 Å². The van der Waals surface area contributed by atoms with Crippen molar-refractivity contribution >= 4 is 34.0 Å². The molecular weight excluding hydrogens is 362 g/mol. The van der Waals surface area contributed by atoms with Gasteiger partial charge in [0.15, 0.2) is 22.2 Å². The van der Waals surface area contributed by atoms with Gasteiger partial charge in [0.1, 0.15) is 16.2 Å². The number of aryl methyl sites for hydroxylation is 2. The van der Waals surface area contributed by atoms with Crippen molar-refractivity contribution in [2.45, 2.75) is 33.6 Å². The number of oxazole rings is 1. The van der Waals surface area contributed by atoms with Crippen LogP contribution in [0.3, 0.4) is 0 Å². The van der Waals surface area contributed by atoms with Gasteiger partial charge in [-0.1, -0.05) is 13.8 Å². The van der Waals surface area contributed by atoms with E-state index >= 15 is 0 Å². The predicted octanol–water partition coefficient (Wildman–Crippen LogP) is 5.54. The minimum absolute atomic E-state index is 0.202. The summed E-state index contributed by atoms with van der Waals surface area (Å²) in [6, 6.07) is 9.18. The summed E-state index contributed by atoms with van der Waals surface area (Å²) in [5, 5.41) is 3.61. The Labute approximate surface area is 160 Å². The molecule has 0 fully saturated rings. The molecule has 0 radical (unpaired) electrons. The average Bonchev–Trinajstić information content (AvgIpc) is 3.32. The molecule has 0 aliphatic heterocycles. The Morgan fingerprint density at radius 2 is 1.93 bits per heavy atom. The Morgan fingerprint density at radius 1 is 1.11 bits per heavy atom. The lowest BCUT2D eigenvalue weighted by Crippen LogP contribution is -2.11. The zero-order valence-corrected chi connectivity index (χ0v) is 16.3. The summed E-state index contributed by atoms with van der Waals surface area (Å²) in [5.74, 6) is 2.17. The normalized spacial score (nSPS) is 11.4. The first-order chi connectivity index (χ1) is 12.9. The monoisotopic (exact) mass is 381 g/mol. The number of nitrogens with zero attached hydrogens (tertiary/aromatic N) is 2. The fraction of sp³-hybridized carbons (Fsp3) is 0.250. The molecule has 1 N–H and O–H groups in total. The summed E-state index contributed by atoms with van der Waals surface area (Å²) >= 11 is 1.31. The van der Waals surface area contributed by atoms with Crippen molar-refractivity contribution in [3.05, 3.63) is 52.6 Å². The second-order valence-electron chi connectivity index (χ2n) is 6.69. The van der Waals surface area contributed by atoms with Crippen LogP contribution in [0.1, 0.15) is 46.8 Å². The smallest absolute Gasteiger partial charge is 0.267 e. The third-order valence-corrected chi connectivity index (χ3v) is 5.28. The van der Waals surface area contributed by atoms with Crippen LogP contribution in [0.15, 0.2) is 39.2 Å². The maximum atomic E-state index is 12.7. The Kier molecular flexibility index (Phi) is 4.31. The number of thiazole rings is 1. The van der Waals surface area contributed by atoms with Gasteiger partial charge in [0.25, 0.3) is 5.91 Å². The molecule has 138 valence electrons. The number of nitrogens with one attached hydrogen (secondary N) is 1. The number of carbonyl (C=O) groups is 1. The number of fused-ring (bicyclic) bond motifs is 1. The van der Waals surface area contributed by atoms with Gasteiger partial charge in [0, 0.05) is 11.6 Å². The van der Waals surface area contributed by atoms with Gasteiger partial charge in [-0.2, -0.15) is 0 Å². The van der Waals surface area contributed by atoms with Crippen molar-refractivity contribution in [1.29, 1.82) is 0 Å². The van der Waals surface area contributed by atoms with Crippen LogP contribution in [0, 0.1) is 13.8 Å². The van der Waals surface area contributed by atoms with Crippen molar-refractivity contribution in [1.82, 2.24) is 9.97 Å². The fourth-order valence-electron chi connectivity index (χ4n) is 2.72. The number of furan rings is 1. The molecule has 0 unspecified atom stereocenters. The Hall–Kier alpha value is -2.93. The molecule has 4 rings (SSSR count). The van der Waals surface area contributed by atoms with Crippen molar-refractivity contribution in [3.63, 3.8) is 0 Å². The summed E-state index contributed by atoms with van der Waals surface area (Å²) in [6.45, 7) is 7.75. The van der Waals surface area contributed by atoms with Crippen molar-refractivity contribution in [2.75, 3.05) is 5.32 Å². The molecule has 1 amide bonds. The molecule has 0 saturated carbocycles. The van der Waals surface area contributed by atoms with E-state index in [1.165, 1.54) is 11.3 Å². The number of amides is 1. The summed E-state index contributed by atoms with van der Waals surface area (Å²) < 4.78 is 11.3. The molecule has 0 atom stereocenters. The first-order valence-electron chi connectivity index (χ1n) is 8.67. The maximum Gasteiger partial charge on any atom is 0.267 e. The number of rotatable bonds is 4. The van der Waals surface area contributed by atoms with Crippen molar-refractivity contribution < 1.29 is 13.6 Å². The van der Waals surface area contributed by atoms with E-state index in [2.05, 4.69) is 15.3 Å². The topological polar surface area (TPSA) is 81.2 Å². The Bertz CT molecular complexity index is 1140. The molecule has 0 saturated heterocycles. The van der Waals surface area contributed by atoms with Gasteiger partial charge < -0.3 is 14.2 Å². The van der Waals surface area contributed by atoms with Crippen molar-refractivity contribution in [3.8, 4) is 10.8 Å². The van der Waals surface area contributed by atoms with Gasteiger partial charge in [-0.3, -0.25) is 4.79 Å². The van der Waals surface area contributed by atoms with Crippen LogP contribution in [0.4, 0.5) is 5.69 Å². The molecule has 0 aliphatic rings. The van der Waals surface area contributed by atoms with E-state index in [0.717, 1.165) is 11.3 Å². The lowest BCUT2D eigenvalue weighted by atomic mass is 10.2. The Morgan fingerprint density at radius 3 is 2.63 bits per heavy atom. The maximum absolute atomic E-state index is 12.7. The van der Waals surface area contributed by atoms with Crippen LogP contribution in [-0.2, 0) is 0 Å². The van der Waals surface area contributed by atoms with E-state index in [9.17, 15) is 4.79 Å². The first-order valence-corrected chi connectivity index (χ1v) is 9.48. The predicted molar refractivity (Wildman–Crippen MR) is 105 cm³/mol. The lowest BCUT2D eigenvalue weighted by molar-refractivity contribution is 0.103. The van der Waals surface area contributed by atoms with Crippen LogP contribution in [0.2, 0.25) is 0 Å². The van der Waals surface area contributed by atoms with E-state index < -0.39 is 0 Å². The lowest BCUT2D eigenvalue weighted by Gasteiger charge is -2.03. The second-order valence-corrected chi connectivity index (χ2v) is 7.69. The highest BCUT2D eigenvalue weighted by Gasteiger charge is 2.18. The van der Waals surface area contributed by atoms with Gasteiger partial charge in [0.05, 0.1) is 5.69 Å². The summed E-state index contributed by atoms with van der Waals surface area (Å²) in [4.78, 5) is 22.2. The molecule has 6 nitrogen and oxygen atoms in total. The third-order valence-electron chi connectivity index (χ3n) is 4.11. The van der Waals surface area contributed by atoms with Gasteiger partial charge in [-0.15, -0.1) is 11.3 Å². The number of hydrogen-bond acceptors (Lipinski definition) is 6. The standard InChI is InChI=1S/C20H19N3O3S/c1-10(2)19-23-14-9-13(6-8-15(14)26-19)22-18(24)17-12(4)21-20(27-17)16-7-5-11(3)25-16/h5-10H,1-4H3,(H,22,24). The Balaban J connectivity index is 1.58. The van der Waals surface area contributed by atoms with Crippen LogP contribution < -0.4 is 5.32 Å². The zero-order chi connectivity index (χ0) is 19.1. The fourth-order valence-corrected chi connectivity index (χ4v) is 3.64. The molecule has 3 heterocycles. The van der Waals surface area contributed by atoms with Crippen LogP contribution in [0.25, 0.3) is 21.9 Å². The molecule has 7 heteroatoms. The molecule has 0 spiro atoms. The highest BCUT2D eigenvalue weighted by molar-refractivity contribution is 7.17. The number of anilines is 1. The number of aromatic nitrogens is 2. The van der Waals surface area contributed by atoms with E-state index in [0.29, 0.717) is 38.5 Å². The second kappa shape index (κ2) is 6.66. The van der Waals surface area contributed by atoms with Crippen LogP contribution in [0.5, 0.6) is 0 Å². The first kappa shape index (κ1) is 17.5. The summed E-state index contributed by atoms with van der Waals surface area (Å²) in [6.07, 6.45) is 0. The minimum Gasteiger partial charge on any atom is -0.459 e. The molecular formula is C20H19N3O3S. The summed E-state index contributed by atoms with van der Waals surface area (Å²) in [7, 11) is 0. The van der Waals surface area contributed by atoms with E-state index in [4.69, 9.17) is 8.83 Å². The highest BCUT2D eigenvalue weighted by atomic mass is 32.1. The number of hydrogen-bond donors (Lipinski definition) is 1. The third kappa shape index (κ3) is 3.38. The zero-order valence-electron chi connectivity index (χ0n) is 15.5. The van der Waals surface area contributed by atoms with E-state index in [-0.39, 0.29) is 11.8 Å².